The van der Waals surface area contributed by atoms with Crippen molar-refractivity contribution in [2.75, 3.05) is 26.3 Å². The number of carbonyl (C=O) groups is 1. The number of hydrogen-bond donors (Lipinski definition) is 2. The van der Waals surface area contributed by atoms with E-state index in [0.717, 1.165) is 5.75 Å². The Balaban J connectivity index is 1.60. The summed E-state index contributed by atoms with van der Waals surface area (Å²) in [5.74, 6) is 1.40. The number of aliphatic hydroxyl groups is 1. The maximum absolute atomic E-state index is 11.3. The van der Waals surface area contributed by atoms with Crippen LogP contribution >= 0.6 is 0 Å². The molecule has 0 amide bonds. The molecule has 2 aromatic rings. The molecular weight excluding hydrogens is 318 g/mol. The van der Waals surface area contributed by atoms with Crippen molar-refractivity contribution >= 4 is 5.78 Å². The van der Waals surface area contributed by atoms with Gasteiger partial charge in [0.15, 0.2) is 5.78 Å². The number of aryl methyl sites for hydroxylation is 1. The number of hydrogen-bond acceptors (Lipinski definition) is 5. The predicted octanol–water partition coefficient (Wildman–Crippen LogP) is 2.61. The number of Topliss-reactive ketones (excluding diaryl/α,β-unsaturated/α-hetero) is 1. The molecule has 0 saturated carbocycles. The van der Waals surface area contributed by atoms with Crippen LogP contribution in [0, 0.1) is 6.92 Å². The Hall–Kier alpha value is -2.37. The molecule has 0 aliphatic heterocycles. The molecule has 0 unspecified atom stereocenters. The van der Waals surface area contributed by atoms with Gasteiger partial charge < -0.3 is 19.9 Å². The second-order valence-electron chi connectivity index (χ2n) is 5.91. The molecule has 0 heterocycles. The molecule has 0 aliphatic carbocycles. The van der Waals surface area contributed by atoms with Crippen molar-refractivity contribution in [1.29, 1.82) is 0 Å². The lowest BCUT2D eigenvalue weighted by molar-refractivity contribution is 0.101. The molecule has 0 spiro atoms. The van der Waals surface area contributed by atoms with Crippen LogP contribution in [-0.2, 0) is 0 Å². The van der Waals surface area contributed by atoms with Crippen LogP contribution in [0.3, 0.4) is 0 Å². The number of carbonyl (C=O) groups excluding carboxylic acids is 1. The zero-order chi connectivity index (χ0) is 18.1. The van der Waals surface area contributed by atoms with Crippen LogP contribution in [0.5, 0.6) is 11.5 Å². The highest BCUT2D eigenvalue weighted by molar-refractivity contribution is 5.94. The van der Waals surface area contributed by atoms with Crippen LogP contribution in [0.1, 0.15) is 22.8 Å². The minimum atomic E-state index is -0.639. The largest absolute Gasteiger partial charge is 0.492 e. The molecule has 2 rings (SSSR count). The Morgan fingerprint density at radius 2 is 1.88 bits per heavy atom. The third kappa shape index (κ3) is 6.95. The molecule has 1 atom stereocenters. The molecule has 0 aliphatic rings. The van der Waals surface area contributed by atoms with Crippen LogP contribution in [0.25, 0.3) is 0 Å². The third-order valence-corrected chi connectivity index (χ3v) is 3.63. The first-order chi connectivity index (χ1) is 12.0. The molecule has 0 fully saturated rings. The van der Waals surface area contributed by atoms with E-state index in [1.54, 1.807) is 24.3 Å². The van der Waals surface area contributed by atoms with E-state index < -0.39 is 6.10 Å². The summed E-state index contributed by atoms with van der Waals surface area (Å²) in [7, 11) is 0. The zero-order valence-electron chi connectivity index (χ0n) is 14.7. The Morgan fingerprint density at radius 1 is 1.12 bits per heavy atom. The quantitative estimate of drug-likeness (QED) is 0.513. The smallest absolute Gasteiger partial charge is 0.159 e. The fourth-order valence-electron chi connectivity index (χ4n) is 2.20. The van der Waals surface area contributed by atoms with Gasteiger partial charge >= 0.3 is 0 Å². The highest BCUT2D eigenvalue weighted by atomic mass is 16.5. The van der Waals surface area contributed by atoms with Crippen LogP contribution in [0.2, 0.25) is 0 Å². The van der Waals surface area contributed by atoms with Crippen molar-refractivity contribution in [1.82, 2.24) is 5.32 Å². The molecule has 2 N–H and O–H groups in total. The van der Waals surface area contributed by atoms with Gasteiger partial charge in [0, 0.05) is 18.7 Å². The summed E-state index contributed by atoms with van der Waals surface area (Å²) in [5, 5.41) is 13.1. The molecule has 0 saturated heterocycles. The van der Waals surface area contributed by atoms with Gasteiger partial charge in [0.1, 0.15) is 30.8 Å². The van der Waals surface area contributed by atoms with Crippen molar-refractivity contribution < 1.29 is 19.4 Å². The summed E-state index contributed by atoms with van der Waals surface area (Å²) < 4.78 is 11.1. The fraction of sp³-hybridized carbons (Fsp3) is 0.350. The van der Waals surface area contributed by atoms with E-state index in [9.17, 15) is 9.90 Å². The van der Waals surface area contributed by atoms with Gasteiger partial charge in [-0.15, -0.1) is 0 Å². The number of nitrogens with one attached hydrogen (secondary N) is 1. The standard InChI is InChI=1S/C20H25NO4/c1-15-6-8-19(9-7-15)24-11-10-21-13-18(23)14-25-20-5-3-4-17(12-20)16(2)22/h3-9,12,18,21,23H,10-11,13-14H2,1-2H3/t18-/m1/s1. The fourth-order valence-corrected chi connectivity index (χ4v) is 2.20. The monoisotopic (exact) mass is 343 g/mol. The summed E-state index contributed by atoms with van der Waals surface area (Å²) >= 11 is 0. The van der Waals surface area contributed by atoms with Gasteiger partial charge in [-0.3, -0.25) is 4.79 Å². The summed E-state index contributed by atoms with van der Waals surface area (Å²) in [6.45, 7) is 5.26. The summed E-state index contributed by atoms with van der Waals surface area (Å²) in [6.07, 6.45) is -0.639. The first-order valence-corrected chi connectivity index (χ1v) is 8.36. The lowest BCUT2D eigenvalue weighted by atomic mass is 10.1. The molecule has 25 heavy (non-hydrogen) atoms. The Morgan fingerprint density at radius 3 is 2.60 bits per heavy atom. The predicted molar refractivity (Wildman–Crippen MR) is 97.5 cm³/mol. The van der Waals surface area contributed by atoms with Gasteiger partial charge in [-0.25, -0.2) is 0 Å². The van der Waals surface area contributed by atoms with E-state index in [1.807, 2.05) is 31.2 Å². The van der Waals surface area contributed by atoms with E-state index in [-0.39, 0.29) is 12.4 Å². The average molecular weight is 343 g/mol. The minimum Gasteiger partial charge on any atom is -0.492 e. The number of rotatable bonds is 10. The SMILES string of the molecule is CC(=O)c1cccc(OC[C@H](O)CNCCOc2ccc(C)cc2)c1. The van der Waals surface area contributed by atoms with Crippen molar-refractivity contribution in [2.24, 2.45) is 0 Å². The van der Waals surface area contributed by atoms with Gasteiger partial charge in [0.25, 0.3) is 0 Å². The summed E-state index contributed by atoms with van der Waals surface area (Å²) in [5.41, 5.74) is 1.79. The zero-order valence-corrected chi connectivity index (χ0v) is 14.7. The Kier molecular flexibility index (Phi) is 7.44. The summed E-state index contributed by atoms with van der Waals surface area (Å²) in [6, 6.07) is 14.8. The van der Waals surface area contributed by atoms with E-state index in [2.05, 4.69) is 5.32 Å². The van der Waals surface area contributed by atoms with Crippen LogP contribution in [-0.4, -0.2) is 43.3 Å². The van der Waals surface area contributed by atoms with E-state index >= 15 is 0 Å². The van der Waals surface area contributed by atoms with Crippen LogP contribution in [0.4, 0.5) is 0 Å². The Labute approximate surface area is 148 Å². The average Bonchev–Trinajstić information content (AvgIpc) is 2.61. The highest BCUT2D eigenvalue weighted by Gasteiger charge is 2.06. The van der Waals surface area contributed by atoms with E-state index in [1.165, 1.54) is 12.5 Å². The van der Waals surface area contributed by atoms with Gasteiger partial charge in [0.2, 0.25) is 0 Å². The molecule has 0 radical (unpaired) electrons. The van der Waals surface area contributed by atoms with Gasteiger partial charge in [-0.1, -0.05) is 29.8 Å². The number of benzene rings is 2. The first-order valence-electron chi connectivity index (χ1n) is 8.36. The first kappa shape index (κ1) is 19.0. The molecule has 2 aromatic carbocycles. The highest BCUT2D eigenvalue weighted by Crippen LogP contribution is 2.14. The number of ether oxygens (including phenoxy) is 2. The van der Waals surface area contributed by atoms with E-state index in [0.29, 0.717) is 31.0 Å². The van der Waals surface area contributed by atoms with Crippen LogP contribution < -0.4 is 14.8 Å². The lowest BCUT2D eigenvalue weighted by Gasteiger charge is -2.14. The molecule has 134 valence electrons. The number of aliphatic hydroxyl groups excluding tert-OH is 1. The molecule has 5 nitrogen and oxygen atoms in total. The second-order valence-corrected chi connectivity index (χ2v) is 5.91. The summed E-state index contributed by atoms with van der Waals surface area (Å²) in [4.78, 5) is 11.3. The molecule has 0 aromatic heterocycles. The topological polar surface area (TPSA) is 67.8 Å². The normalized spacial score (nSPS) is 11.8. The van der Waals surface area contributed by atoms with Crippen molar-refractivity contribution in [3.8, 4) is 11.5 Å². The lowest BCUT2D eigenvalue weighted by Crippen LogP contribution is -2.33. The van der Waals surface area contributed by atoms with Crippen molar-refractivity contribution in [3.05, 3.63) is 59.7 Å². The maximum Gasteiger partial charge on any atom is 0.159 e. The molecule has 0 bridgehead atoms. The van der Waals surface area contributed by atoms with Gasteiger partial charge in [0.05, 0.1) is 0 Å². The Bertz CT molecular complexity index is 670. The van der Waals surface area contributed by atoms with Crippen molar-refractivity contribution in [2.45, 2.75) is 20.0 Å². The minimum absolute atomic E-state index is 0.0127. The van der Waals surface area contributed by atoms with E-state index in [4.69, 9.17) is 9.47 Å². The number of ketones is 1. The van der Waals surface area contributed by atoms with Crippen LogP contribution in [0.15, 0.2) is 48.5 Å². The molecular formula is C20H25NO4. The maximum atomic E-state index is 11.3. The van der Waals surface area contributed by atoms with Gasteiger partial charge in [-0.05, 0) is 38.1 Å². The third-order valence-electron chi connectivity index (χ3n) is 3.63. The van der Waals surface area contributed by atoms with Crippen molar-refractivity contribution in [3.63, 3.8) is 0 Å². The van der Waals surface area contributed by atoms with Gasteiger partial charge in [-0.2, -0.15) is 0 Å². The second kappa shape index (κ2) is 9.81. The molecule has 5 heteroatoms.